The zero-order valence-corrected chi connectivity index (χ0v) is 17.4. The molecule has 1 N–H and O–H groups in total. The largest absolute Gasteiger partial charge is 0.493 e. The summed E-state index contributed by atoms with van der Waals surface area (Å²) in [5.74, 6) is 1.82. The van der Waals surface area contributed by atoms with Crippen LogP contribution in [0.2, 0.25) is 0 Å². The van der Waals surface area contributed by atoms with Crippen LogP contribution in [0.5, 0.6) is 5.75 Å². The van der Waals surface area contributed by atoms with E-state index in [1.54, 1.807) is 12.4 Å². The monoisotopic (exact) mass is 452 g/mol. The minimum Gasteiger partial charge on any atom is -0.493 e. The van der Waals surface area contributed by atoms with Crippen LogP contribution >= 0.6 is 0 Å². The first-order valence-electron chi connectivity index (χ1n) is 10.7. The van der Waals surface area contributed by atoms with Crippen LogP contribution < -0.4 is 4.74 Å². The van der Waals surface area contributed by atoms with E-state index in [-0.39, 0.29) is 17.2 Å². The lowest BCUT2D eigenvalue weighted by molar-refractivity contribution is -0.140. The number of aromatic amines is 1. The Kier molecular flexibility index (Phi) is 4.49. The van der Waals surface area contributed by atoms with Crippen LogP contribution in [0.4, 0.5) is 13.2 Å². The summed E-state index contributed by atoms with van der Waals surface area (Å²) in [6.45, 7) is 1.32. The van der Waals surface area contributed by atoms with E-state index in [0.29, 0.717) is 30.5 Å². The lowest BCUT2D eigenvalue weighted by Gasteiger charge is -2.13. The van der Waals surface area contributed by atoms with Crippen LogP contribution in [0.3, 0.4) is 0 Å². The smallest absolute Gasteiger partial charge is 0.435 e. The van der Waals surface area contributed by atoms with Gasteiger partial charge in [-0.1, -0.05) is 17.3 Å². The summed E-state index contributed by atoms with van der Waals surface area (Å²) in [5, 5.41) is 8.88. The third-order valence-electron chi connectivity index (χ3n) is 6.16. The van der Waals surface area contributed by atoms with Gasteiger partial charge in [-0.3, -0.25) is 10.1 Å². The SMILES string of the molecule is FC(F)(F)c1[nH]nnc1-c1ccnc(-c2cn(C[C@@H]3COc4cccc(C5CC5)c43)cn2)c1. The lowest BCUT2D eigenvalue weighted by Crippen LogP contribution is -2.10. The van der Waals surface area contributed by atoms with Gasteiger partial charge in [-0.2, -0.15) is 13.2 Å². The molecule has 4 aromatic rings. The quantitative estimate of drug-likeness (QED) is 0.470. The molecule has 1 aliphatic heterocycles. The Labute approximate surface area is 186 Å². The summed E-state index contributed by atoms with van der Waals surface area (Å²) in [6.07, 6.45) is 2.89. The number of hydrogen-bond donors (Lipinski definition) is 1. The molecule has 1 fully saturated rings. The highest BCUT2D eigenvalue weighted by Gasteiger charge is 2.37. The van der Waals surface area contributed by atoms with Gasteiger partial charge >= 0.3 is 6.18 Å². The average molecular weight is 452 g/mol. The second kappa shape index (κ2) is 7.43. The molecule has 3 aromatic heterocycles. The second-order valence-corrected chi connectivity index (χ2v) is 8.46. The minimum atomic E-state index is -4.58. The fourth-order valence-electron chi connectivity index (χ4n) is 4.48. The van der Waals surface area contributed by atoms with Crippen molar-refractivity contribution in [3.05, 3.63) is 65.9 Å². The van der Waals surface area contributed by atoms with Crippen molar-refractivity contribution in [1.29, 1.82) is 0 Å². The highest BCUT2D eigenvalue weighted by molar-refractivity contribution is 5.67. The van der Waals surface area contributed by atoms with Gasteiger partial charge in [0.2, 0.25) is 0 Å². The molecule has 1 aliphatic carbocycles. The molecule has 1 aromatic carbocycles. The van der Waals surface area contributed by atoms with Gasteiger partial charge in [-0.05, 0) is 42.5 Å². The summed E-state index contributed by atoms with van der Waals surface area (Å²) >= 11 is 0. The molecule has 1 saturated carbocycles. The zero-order valence-electron chi connectivity index (χ0n) is 17.4. The molecule has 0 amide bonds. The Balaban J connectivity index is 1.26. The Hall–Kier alpha value is -3.69. The van der Waals surface area contributed by atoms with Crippen molar-refractivity contribution >= 4 is 0 Å². The molecule has 0 radical (unpaired) electrons. The number of fused-ring (bicyclic) bond motifs is 1. The highest BCUT2D eigenvalue weighted by atomic mass is 19.4. The molecule has 33 heavy (non-hydrogen) atoms. The standard InChI is InChI=1S/C23H19F3N6O/c24-23(25,26)22-21(29-31-30-22)14-6-7-27-17(8-14)18-10-32(12-28-18)9-15-11-33-19-3-1-2-16(20(15)19)13-4-5-13/h1-3,6-8,10,12-13,15H,4-5,9,11H2,(H,29,30,31)/t15-/m1/s1. The average Bonchev–Trinajstić information content (AvgIpc) is 3.19. The molecule has 2 aliphatic rings. The number of ether oxygens (including phenoxy) is 1. The number of pyridine rings is 1. The first-order chi connectivity index (χ1) is 16.0. The van der Waals surface area contributed by atoms with Crippen LogP contribution in [0, 0.1) is 0 Å². The summed E-state index contributed by atoms with van der Waals surface area (Å²) in [6, 6.07) is 9.29. The number of hydrogen-bond acceptors (Lipinski definition) is 5. The van der Waals surface area contributed by atoms with Gasteiger partial charge < -0.3 is 9.30 Å². The fourth-order valence-corrected chi connectivity index (χ4v) is 4.48. The normalized spacial score (nSPS) is 17.7. The molecule has 7 nitrogen and oxygen atoms in total. The zero-order chi connectivity index (χ0) is 22.6. The van der Waals surface area contributed by atoms with Gasteiger partial charge in [0.05, 0.1) is 18.6 Å². The van der Waals surface area contributed by atoms with E-state index >= 15 is 0 Å². The fraction of sp³-hybridized carbons (Fsp3) is 0.304. The highest BCUT2D eigenvalue weighted by Crippen LogP contribution is 2.48. The summed E-state index contributed by atoms with van der Waals surface area (Å²) in [7, 11) is 0. The lowest BCUT2D eigenvalue weighted by atomic mass is 9.93. The molecule has 0 spiro atoms. The molecule has 1 atom stereocenters. The van der Waals surface area contributed by atoms with Crippen molar-refractivity contribution in [2.45, 2.75) is 37.4 Å². The van der Waals surface area contributed by atoms with E-state index < -0.39 is 11.9 Å². The topological polar surface area (TPSA) is 81.5 Å². The third kappa shape index (κ3) is 3.65. The van der Waals surface area contributed by atoms with Crippen LogP contribution in [-0.2, 0) is 12.7 Å². The number of H-pyrrole nitrogens is 1. The van der Waals surface area contributed by atoms with E-state index in [1.807, 2.05) is 21.9 Å². The van der Waals surface area contributed by atoms with E-state index in [0.717, 1.165) is 5.75 Å². The molecule has 4 heterocycles. The van der Waals surface area contributed by atoms with Crippen molar-refractivity contribution in [2.24, 2.45) is 0 Å². The Morgan fingerprint density at radius 2 is 2.00 bits per heavy atom. The number of halogens is 3. The predicted octanol–water partition coefficient (Wildman–Crippen LogP) is 4.80. The molecule has 6 rings (SSSR count). The molecular weight excluding hydrogens is 433 g/mol. The molecule has 0 bridgehead atoms. The number of nitrogens with zero attached hydrogens (tertiary/aromatic N) is 5. The summed E-state index contributed by atoms with van der Waals surface area (Å²) in [4.78, 5) is 8.74. The number of imidazole rings is 1. The van der Waals surface area contributed by atoms with E-state index in [9.17, 15) is 13.2 Å². The van der Waals surface area contributed by atoms with Gasteiger partial charge in [-0.15, -0.1) is 5.10 Å². The van der Waals surface area contributed by atoms with E-state index in [4.69, 9.17) is 4.74 Å². The van der Waals surface area contributed by atoms with Gasteiger partial charge in [0, 0.05) is 36.0 Å². The van der Waals surface area contributed by atoms with Crippen LogP contribution in [0.25, 0.3) is 22.6 Å². The molecule has 0 saturated heterocycles. The molecule has 168 valence electrons. The van der Waals surface area contributed by atoms with Crippen molar-refractivity contribution < 1.29 is 17.9 Å². The number of rotatable bonds is 5. The number of nitrogens with one attached hydrogen (secondary N) is 1. The third-order valence-corrected chi connectivity index (χ3v) is 6.16. The van der Waals surface area contributed by atoms with Crippen molar-refractivity contribution in [1.82, 2.24) is 29.9 Å². The van der Waals surface area contributed by atoms with E-state index in [1.165, 1.54) is 36.2 Å². The Morgan fingerprint density at radius 3 is 2.82 bits per heavy atom. The number of alkyl halides is 3. The second-order valence-electron chi connectivity index (χ2n) is 8.46. The van der Waals surface area contributed by atoms with Gasteiger partial charge in [0.25, 0.3) is 0 Å². The van der Waals surface area contributed by atoms with E-state index in [2.05, 4.69) is 32.4 Å². The molecular formula is C23H19F3N6O. The number of aromatic nitrogens is 6. The summed E-state index contributed by atoms with van der Waals surface area (Å²) < 4.78 is 47.6. The van der Waals surface area contributed by atoms with Gasteiger partial charge in [0.1, 0.15) is 17.1 Å². The minimum absolute atomic E-state index is 0.225. The maximum atomic E-state index is 13.2. The van der Waals surface area contributed by atoms with Crippen molar-refractivity contribution in [2.75, 3.05) is 6.61 Å². The van der Waals surface area contributed by atoms with Crippen LogP contribution in [0.15, 0.2) is 49.1 Å². The van der Waals surface area contributed by atoms with Crippen LogP contribution in [-0.4, -0.2) is 36.6 Å². The summed E-state index contributed by atoms with van der Waals surface area (Å²) in [5.41, 5.74) is 2.73. The predicted molar refractivity (Wildman–Crippen MR) is 112 cm³/mol. The first-order valence-corrected chi connectivity index (χ1v) is 10.7. The van der Waals surface area contributed by atoms with Crippen LogP contribution in [0.1, 0.15) is 41.5 Å². The Morgan fingerprint density at radius 1 is 1.12 bits per heavy atom. The maximum absolute atomic E-state index is 13.2. The maximum Gasteiger partial charge on any atom is 0.435 e. The van der Waals surface area contributed by atoms with Gasteiger partial charge in [-0.25, -0.2) is 4.98 Å². The first kappa shape index (κ1) is 20.0. The molecule has 0 unspecified atom stereocenters. The van der Waals surface area contributed by atoms with Crippen molar-refractivity contribution in [3.8, 4) is 28.4 Å². The van der Waals surface area contributed by atoms with Gasteiger partial charge in [0.15, 0.2) is 5.69 Å². The Bertz CT molecular complexity index is 1320. The van der Waals surface area contributed by atoms with Crippen molar-refractivity contribution in [3.63, 3.8) is 0 Å². The molecule has 10 heteroatoms. The number of benzene rings is 1.